The number of rotatable bonds is 3. The molecule has 3 rings (SSSR count). The fraction of sp³-hybridized carbons (Fsp3) is 0.286. The lowest BCUT2D eigenvalue weighted by Gasteiger charge is -2.26. The zero-order valence-electron chi connectivity index (χ0n) is 11.1. The number of aliphatic carboxylic acids is 1. The number of fused-ring (bicyclic) bond motifs is 1. The van der Waals surface area contributed by atoms with Gasteiger partial charge in [-0.25, -0.2) is 9.78 Å². The van der Waals surface area contributed by atoms with E-state index >= 15 is 0 Å². The Morgan fingerprint density at radius 2 is 2.40 bits per heavy atom. The molecule has 1 aliphatic rings. The molecule has 0 spiro atoms. The topological polar surface area (TPSA) is 57.8 Å². The van der Waals surface area contributed by atoms with Gasteiger partial charge in [-0.2, -0.15) is 0 Å². The molecule has 5 nitrogen and oxygen atoms in total. The van der Waals surface area contributed by atoms with Crippen molar-refractivity contribution in [2.24, 2.45) is 0 Å². The SMILES string of the molecule is CC1=CCN(c2nc3sccn3c2/C=C/C(=O)O)CC1. The highest BCUT2D eigenvalue weighted by molar-refractivity contribution is 7.15. The molecule has 0 aromatic carbocycles. The van der Waals surface area contributed by atoms with Crippen LogP contribution in [-0.2, 0) is 4.79 Å². The Morgan fingerprint density at radius 3 is 3.10 bits per heavy atom. The molecule has 6 heteroatoms. The first-order valence-electron chi connectivity index (χ1n) is 6.42. The Bertz CT molecular complexity index is 711. The zero-order chi connectivity index (χ0) is 14.1. The van der Waals surface area contributed by atoms with Crippen molar-refractivity contribution in [3.05, 3.63) is 35.0 Å². The minimum Gasteiger partial charge on any atom is -0.478 e. The highest BCUT2D eigenvalue weighted by atomic mass is 32.1. The van der Waals surface area contributed by atoms with Crippen LogP contribution in [0.3, 0.4) is 0 Å². The second kappa shape index (κ2) is 5.13. The molecule has 1 N–H and O–H groups in total. The third-order valence-electron chi connectivity index (χ3n) is 3.40. The van der Waals surface area contributed by atoms with Crippen molar-refractivity contribution in [1.82, 2.24) is 9.38 Å². The van der Waals surface area contributed by atoms with Gasteiger partial charge in [-0.05, 0) is 19.4 Å². The number of aromatic nitrogens is 2. The molecule has 20 heavy (non-hydrogen) atoms. The smallest absolute Gasteiger partial charge is 0.328 e. The molecule has 0 aliphatic carbocycles. The number of hydrogen-bond donors (Lipinski definition) is 1. The van der Waals surface area contributed by atoms with Crippen LogP contribution >= 0.6 is 11.3 Å². The average Bonchev–Trinajstić information content (AvgIpc) is 2.98. The molecule has 0 atom stereocenters. The van der Waals surface area contributed by atoms with Crippen LogP contribution in [0.2, 0.25) is 0 Å². The van der Waals surface area contributed by atoms with E-state index in [0.717, 1.165) is 42.1 Å². The second-order valence-corrected chi connectivity index (χ2v) is 5.67. The van der Waals surface area contributed by atoms with Crippen molar-refractivity contribution in [3.8, 4) is 0 Å². The van der Waals surface area contributed by atoms with Crippen LogP contribution in [0, 0.1) is 0 Å². The van der Waals surface area contributed by atoms with Gasteiger partial charge in [0, 0.05) is 30.7 Å². The molecule has 2 aromatic rings. The summed E-state index contributed by atoms with van der Waals surface area (Å²) in [5.41, 5.74) is 2.22. The van der Waals surface area contributed by atoms with Crippen LogP contribution in [-0.4, -0.2) is 33.6 Å². The van der Waals surface area contributed by atoms with E-state index in [9.17, 15) is 4.79 Å². The molecule has 0 amide bonds. The molecule has 0 saturated heterocycles. The van der Waals surface area contributed by atoms with Gasteiger partial charge in [-0.3, -0.25) is 4.40 Å². The maximum absolute atomic E-state index is 10.8. The number of nitrogens with zero attached hydrogens (tertiary/aromatic N) is 3. The standard InChI is InChI=1S/C14H15N3O2S/c1-10-4-6-16(7-5-10)13-11(2-3-12(18)19)17-8-9-20-14(17)15-13/h2-4,8-9H,5-7H2,1H3,(H,18,19)/b3-2+. The highest BCUT2D eigenvalue weighted by Crippen LogP contribution is 2.27. The van der Waals surface area contributed by atoms with Crippen molar-refractivity contribution in [2.75, 3.05) is 18.0 Å². The normalized spacial score (nSPS) is 16.1. The molecule has 0 bridgehead atoms. The van der Waals surface area contributed by atoms with Gasteiger partial charge in [0.15, 0.2) is 10.8 Å². The molecule has 3 heterocycles. The number of thiazole rings is 1. The number of hydrogen-bond acceptors (Lipinski definition) is 4. The summed E-state index contributed by atoms with van der Waals surface area (Å²) in [4.78, 5) is 18.5. The van der Waals surface area contributed by atoms with Crippen molar-refractivity contribution < 1.29 is 9.90 Å². The monoisotopic (exact) mass is 289 g/mol. The number of carbonyl (C=O) groups is 1. The fourth-order valence-corrected chi connectivity index (χ4v) is 3.01. The first kappa shape index (κ1) is 12.9. The van der Waals surface area contributed by atoms with Crippen LogP contribution < -0.4 is 4.90 Å². The van der Waals surface area contributed by atoms with Crippen LogP contribution in [0.25, 0.3) is 11.0 Å². The molecule has 2 aromatic heterocycles. The predicted octanol–water partition coefficient (Wildman–Crippen LogP) is 2.65. The van der Waals surface area contributed by atoms with E-state index in [0.29, 0.717) is 0 Å². The Kier molecular flexibility index (Phi) is 3.31. The molecule has 0 fully saturated rings. The summed E-state index contributed by atoms with van der Waals surface area (Å²) >= 11 is 1.55. The van der Waals surface area contributed by atoms with Crippen LogP contribution in [0.1, 0.15) is 19.0 Å². The molecular formula is C14H15N3O2S. The van der Waals surface area contributed by atoms with Crippen LogP contribution in [0.5, 0.6) is 0 Å². The summed E-state index contributed by atoms with van der Waals surface area (Å²) in [6, 6.07) is 0. The van der Waals surface area contributed by atoms with Gasteiger partial charge in [0.25, 0.3) is 0 Å². The summed E-state index contributed by atoms with van der Waals surface area (Å²) in [6.45, 7) is 3.87. The first-order chi connectivity index (χ1) is 9.65. The molecule has 104 valence electrons. The highest BCUT2D eigenvalue weighted by Gasteiger charge is 2.18. The maximum atomic E-state index is 10.8. The van der Waals surface area contributed by atoms with Crippen LogP contribution in [0.4, 0.5) is 5.82 Å². The first-order valence-corrected chi connectivity index (χ1v) is 7.30. The summed E-state index contributed by atoms with van der Waals surface area (Å²) in [5, 5.41) is 10.8. The lowest BCUT2D eigenvalue weighted by molar-refractivity contribution is -0.131. The van der Waals surface area contributed by atoms with Gasteiger partial charge in [0.1, 0.15) is 0 Å². The van der Waals surface area contributed by atoms with Crippen molar-refractivity contribution >= 4 is 34.2 Å². The molecule has 0 saturated carbocycles. The third-order valence-corrected chi connectivity index (χ3v) is 4.16. The van der Waals surface area contributed by atoms with Crippen molar-refractivity contribution in [3.63, 3.8) is 0 Å². The molecule has 0 radical (unpaired) electrons. The van der Waals surface area contributed by atoms with Gasteiger partial charge < -0.3 is 10.0 Å². The Hall–Kier alpha value is -2.08. The Balaban J connectivity index is 2.03. The van der Waals surface area contributed by atoms with E-state index in [1.807, 2.05) is 16.0 Å². The number of imidazole rings is 1. The quantitative estimate of drug-likeness (QED) is 0.697. The van der Waals surface area contributed by atoms with E-state index in [2.05, 4.69) is 22.9 Å². The summed E-state index contributed by atoms with van der Waals surface area (Å²) in [7, 11) is 0. The molecular weight excluding hydrogens is 274 g/mol. The zero-order valence-corrected chi connectivity index (χ0v) is 11.9. The lowest BCUT2D eigenvalue weighted by atomic mass is 10.1. The maximum Gasteiger partial charge on any atom is 0.328 e. The number of carboxylic acid groups (broad SMARTS) is 1. The largest absolute Gasteiger partial charge is 0.478 e. The van der Waals surface area contributed by atoms with Crippen molar-refractivity contribution in [2.45, 2.75) is 13.3 Å². The van der Waals surface area contributed by atoms with E-state index in [-0.39, 0.29) is 0 Å². The lowest BCUT2D eigenvalue weighted by Crippen LogP contribution is -2.29. The third kappa shape index (κ3) is 2.34. The van der Waals surface area contributed by atoms with E-state index < -0.39 is 5.97 Å². The fourth-order valence-electron chi connectivity index (χ4n) is 2.29. The van der Waals surface area contributed by atoms with Gasteiger partial charge in [-0.1, -0.05) is 11.6 Å². The molecule has 1 aliphatic heterocycles. The predicted molar refractivity (Wildman–Crippen MR) is 80.3 cm³/mol. The van der Waals surface area contributed by atoms with Gasteiger partial charge in [0.2, 0.25) is 0 Å². The van der Waals surface area contributed by atoms with Crippen molar-refractivity contribution in [1.29, 1.82) is 0 Å². The van der Waals surface area contributed by atoms with Crippen LogP contribution in [0.15, 0.2) is 29.3 Å². The second-order valence-electron chi connectivity index (χ2n) is 4.79. The number of carboxylic acids is 1. The minimum absolute atomic E-state index is 0.824. The summed E-state index contributed by atoms with van der Waals surface area (Å²) < 4.78 is 1.94. The average molecular weight is 289 g/mol. The van der Waals surface area contributed by atoms with Gasteiger partial charge in [-0.15, -0.1) is 11.3 Å². The van der Waals surface area contributed by atoms with E-state index in [1.54, 1.807) is 17.4 Å². The Labute approximate surface area is 120 Å². The van der Waals surface area contributed by atoms with E-state index in [4.69, 9.17) is 5.11 Å². The summed E-state index contributed by atoms with van der Waals surface area (Å²) in [5.74, 6) is -0.0892. The van der Waals surface area contributed by atoms with E-state index in [1.165, 1.54) is 5.57 Å². The Morgan fingerprint density at radius 1 is 1.55 bits per heavy atom. The minimum atomic E-state index is -0.949. The van der Waals surface area contributed by atoms with Gasteiger partial charge in [0.05, 0.1) is 5.69 Å². The summed E-state index contributed by atoms with van der Waals surface area (Å²) in [6.07, 6.45) is 7.92. The van der Waals surface area contributed by atoms with Gasteiger partial charge >= 0.3 is 5.97 Å². The number of anilines is 1. The molecule has 0 unspecified atom stereocenters.